The summed E-state index contributed by atoms with van der Waals surface area (Å²) in [6.07, 6.45) is 1.56. The lowest BCUT2D eigenvalue weighted by Crippen LogP contribution is -2.41. The molecule has 0 saturated carbocycles. The normalized spacial score (nSPS) is 15.5. The number of hydrogen-bond donors (Lipinski definition) is 1. The van der Waals surface area contributed by atoms with Crippen molar-refractivity contribution in [3.05, 3.63) is 30.3 Å². The van der Waals surface area contributed by atoms with Gasteiger partial charge in [-0.15, -0.1) is 5.10 Å². The number of carbonyl (C=O) groups is 1. The molecule has 1 saturated heterocycles. The van der Waals surface area contributed by atoms with Crippen LogP contribution in [0.5, 0.6) is 0 Å². The van der Waals surface area contributed by atoms with Crippen molar-refractivity contribution >= 4 is 11.9 Å². The molecule has 0 radical (unpaired) electrons. The molecule has 1 aromatic carbocycles. The summed E-state index contributed by atoms with van der Waals surface area (Å²) in [5.41, 5.74) is 0.906. The SMILES string of the molecule is COCCNC(=O)C1CCN(c2nnc(-c3ccccc3)o2)CC1. The highest BCUT2D eigenvalue weighted by Gasteiger charge is 2.27. The zero-order valence-electron chi connectivity index (χ0n) is 13.8. The van der Waals surface area contributed by atoms with Gasteiger partial charge in [0.1, 0.15) is 0 Å². The average molecular weight is 330 g/mol. The number of nitrogens with one attached hydrogen (secondary N) is 1. The summed E-state index contributed by atoms with van der Waals surface area (Å²) in [5.74, 6) is 0.654. The molecule has 1 aliphatic heterocycles. The molecule has 0 unspecified atom stereocenters. The first-order valence-electron chi connectivity index (χ1n) is 8.18. The van der Waals surface area contributed by atoms with E-state index in [4.69, 9.17) is 9.15 Å². The number of amides is 1. The Morgan fingerprint density at radius 2 is 2.04 bits per heavy atom. The summed E-state index contributed by atoms with van der Waals surface area (Å²) >= 11 is 0. The third-order valence-corrected chi connectivity index (χ3v) is 4.18. The zero-order chi connectivity index (χ0) is 16.8. The lowest BCUT2D eigenvalue weighted by molar-refractivity contribution is -0.125. The molecule has 0 bridgehead atoms. The average Bonchev–Trinajstić information content (AvgIpc) is 3.13. The van der Waals surface area contributed by atoms with Crippen LogP contribution in [0.1, 0.15) is 12.8 Å². The standard InChI is InChI=1S/C17H22N4O3/c1-23-12-9-18-15(22)13-7-10-21(11-8-13)17-20-19-16(24-17)14-5-3-2-4-6-14/h2-6,13H,7-12H2,1H3,(H,18,22). The summed E-state index contributed by atoms with van der Waals surface area (Å²) in [7, 11) is 1.62. The molecule has 1 fully saturated rings. The molecule has 0 spiro atoms. The Balaban J connectivity index is 1.54. The van der Waals surface area contributed by atoms with Gasteiger partial charge in [0.15, 0.2) is 0 Å². The van der Waals surface area contributed by atoms with Crippen LogP contribution in [-0.4, -0.2) is 49.5 Å². The second kappa shape index (κ2) is 7.92. The van der Waals surface area contributed by atoms with E-state index in [0.29, 0.717) is 25.1 Å². The van der Waals surface area contributed by atoms with Crippen molar-refractivity contribution in [1.29, 1.82) is 0 Å². The fourth-order valence-electron chi connectivity index (χ4n) is 2.79. The molecule has 2 aromatic rings. The quantitative estimate of drug-likeness (QED) is 0.812. The van der Waals surface area contributed by atoms with Crippen molar-refractivity contribution < 1.29 is 13.9 Å². The van der Waals surface area contributed by atoms with E-state index in [1.807, 2.05) is 35.2 Å². The Bertz CT molecular complexity index is 651. The molecule has 1 aromatic heterocycles. The van der Waals surface area contributed by atoms with Gasteiger partial charge >= 0.3 is 6.01 Å². The van der Waals surface area contributed by atoms with Gasteiger partial charge in [-0.1, -0.05) is 23.3 Å². The van der Waals surface area contributed by atoms with Crippen LogP contribution >= 0.6 is 0 Å². The number of nitrogens with zero attached hydrogens (tertiary/aromatic N) is 3. The lowest BCUT2D eigenvalue weighted by Gasteiger charge is -2.29. The maximum absolute atomic E-state index is 12.1. The summed E-state index contributed by atoms with van der Waals surface area (Å²) in [5, 5.41) is 11.2. The first-order valence-corrected chi connectivity index (χ1v) is 8.18. The van der Waals surface area contributed by atoms with Crippen molar-refractivity contribution in [3.63, 3.8) is 0 Å². The van der Waals surface area contributed by atoms with Gasteiger partial charge in [-0.3, -0.25) is 4.79 Å². The fourth-order valence-corrected chi connectivity index (χ4v) is 2.79. The number of hydrogen-bond acceptors (Lipinski definition) is 6. The number of carbonyl (C=O) groups excluding carboxylic acids is 1. The Morgan fingerprint density at radius 3 is 2.75 bits per heavy atom. The van der Waals surface area contributed by atoms with Crippen molar-refractivity contribution in [2.24, 2.45) is 5.92 Å². The molecule has 128 valence electrons. The molecule has 3 rings (SSSR count). The molecule has 2 heterocycles. The molecule has 1 N–H and O–H groups in total. The highest BCUT2D eigenvalue weighted by molar-refractivity contribution is 5.78. The van der Waals surface area contributed by atoms with E-state index in [1.54, 1.807) is 7.11 Å². The second-order valence-corrected chi connectivity index (χ2v) is 5.80. The van der Waals surface area contributed by atoms with Crippen molar-refractivity contribution in [3.8, 4) is 11.5 Å². The third kappa shape index (κ3) is 3.91. The van der Waals surface area contributed by atoms with Crippen LogP contribution in [0.2, 0.25) is 0 Å². The number of benzene rings is 1. The van der Waals surface area contributed by atoms with Crippen LogP contribution in [0.25, 0.3) is 11.5 Å². The summed E-state index contributed by atoms with van der Waals surface area (Å²) in [6, 6.07) is 10.2. The third-order valence-electron chi connectivity index (χ3n) is 4.18. The Labute approximate surface area is 141 Å². The summed E-state index contributed by atoms with van der Waals surface area (Å²) < 4.78 is 10.7. The minimum atomic E-state index is 0.0367. The van der Waals surface area contributed by atoms with Gasteiger partial charge in [-0.05, 0) is 25.0 Å². The molecule has 7 nitrogen and oxygen atoms in total. The fraction of sp³-hybridized carbons (Fsp3) is 0.471. The highest BCUT2D eigenvalue weighted by Crippen LogP contribution is 2.25. The Kier molecular flexibility index (Phi) is 5.43. The topological polar surface area (TPSA) is 80.5 Å². The maximum atomic E-state index is 12.1. The highest BCUT2D eigenvalue weighted by atomic mass is 16.5. The van der Waals surface area contributed by atoms with E-state index < -0.39 is 0 Å². The van der Waals surface area contributed by atoms with E-state index in [0.717, 1.165) is 31.5 Å². The largest absolute Gasteiger partial charge is 0.403 e. The maximum Gasteiger partial charge on any atom is 0.318 e. The molecule has 0 atom stereocenters. The predicted octanol–water partition coefficient (Wildman–Crippen LogP) is 1.72. The van der Waals surface area contributed by atoms with Gasteiger partial charge < -0.3 is 19.4 Å². The summed E-state index contributed by atoms with van der Waals surface area (Å²) in [6.45, 7) is 2.56. The minimum absolute atomic E-state index is 0.0367. The zero-order valence-corrected chi connectivity index (χ0v) is 13.8. The minimum Gasteiger partial charge on any atom is -0.403 e. The van der Waals surface area contributed by atoms with Crippen LogP contribution in [0.15, 0.2) is 34.7 Å². The number of piperidine rings is 1. The van der Waals surface area contributed by atoms with Gasteiger partial charge in [-0.2, -0.15) is 0 Å². The number of anilines is 1. The smallest absolute Gasteiger partial charge is 0.318 e. The molecule has 7 heteroatoms. The number of rotatable bonds is 6. The van der Waals surface area contributed by atoms with E-state index in [-0.39, 0.29) is 11.8 Å². The molecule has 0 aliphatic carbocycles. The second-order valence-electron chi connectivity index (χ2n) is 5.80. The van der Waals surface area contributed by atoms with E-state index in [1.165, 1.54) is 0 Å². The van der Waals surface area contributed by atoms with Crippen LogP contribution < -0.4 is 10.2 Å². The van der Waals surface area contributed by atoms with Gasteiger partial charge in [0.05, 0.1) is 6.61 Å². The van der Waals surface area contributed by atoms with Gasteiger partial charge in [0, 0.05) is 38.2 Å². The predicted molar refractivity (Wildman–Crippen MR) is 89.6 cm³/mol. The molecular formula is C17H22N4O3. The van der Waals surface area contributed by atoms with Crippen LogP contribution in [-0.2, 0) is 9.53 Å². The molecule has 1 aliphatic rings. The molecular weight excluding hydrogens is 308 g/mol. The van der Waals surface area contributed by atoms with Crippen LogP contribution in [0.4, 0.5) is 6.01 Å². The van der Waals surface area contributed by atoms with Gasteiger partial charge in [-0.25, -0.2) is 0 Å². The van der Waals surface area contributed by atoms with E-state index in [2.05, 4.69) is 15.5 Å². The summed E-state index contributed by atoms with van der Waals surface area (Å²) in [4.78, 5) is 14.1. The first-order chi connectivity index (χ1) is 11.8. The van der Waals surface area contributed by atoms with Crippen LogP contribution in [0.3, 0.4) is 0 Å². The van der Waals surface area contributed by atoms with Gasteiger partial charge in [0.25, 0.3) is 0 Å². The van der Waals surface area contributed by atoms with Crippen molar-refractivity contribution in [1.82, 2.24) is 15.5 Å². The van der Waals surface area contributed by atoms with Crippen LogP contribution in [0, 0.1) is 5.92 Å². The van der Waals surface area contributed by atoms with E-state index >= 15 is 0 Å². The number of aromatic nitrogens is 2. The molecule has 24 heavy (non-hydrogen) atoms. The lowest BCUT2D eigenvalue weighted by atomic mass is 9.96. The first kappa shape index (κ1) is 16.4. The molecule has 1 amide bonds. The van der Waals surface area contributed by atoms with Crippen molar-refractivity contribution in [2.45, 2.75) is 12.8 Å². The Hall–Kier alpha value is -2.41. The monoisotopic (exact) mass is 330 g/mol. The van der Waals surface area contributed by atoms with Crippen molar-refractivity contribution in [2.75, 3.05) is 38.3 Å². The van der Waals surface area contributed by atoms with E-state index in [9.17, 15) is 4.79 Å². The number of ether oxygens (including phenoxy) is 1. The Morgan fingerprint density at radius 1 is 1.29 bits per heavy atom. The number of methoxy groups -OCH3 is 1. The van der Waals surface area contributed by atoms with Gasteiger partial charge in [0.2, 0.25) is 11.8 Å².